The van der Waals surface area contributed by atoms with Crippen molar-refractivity contribution in [2.75, 3.05) is 20.2 Å². The maximum atomic E-state index is 11.0. The summed E-state index contributed by atoms with van der Waals surface area (Å²) in [5.41, 5.74) is 0.381. The van der Waals surface area contributed by atoms with Crippen molar-refractivity contribution in [1.82, 2.24) is 4.90 Å². The Morgan fingerprint density at radius 1 is 1.23 bits per heavy atom. The standard InChI is InChI=1S/C18H29NO3/c1-6-10-19(11-7-2)17-16(20)14-12-13(21-5)8-9-15(14)22-18(17,3)4/h8-9,12,16-17,20H,6-7,10-11H2,1-5H3. The molecule has 4 heteroatoms. The topological polar surface area (TPSA) is 41.9 Å². The van der Waals surface area contributed by atoms with Crippen LogP contribution in [0.1, 0.15) is 52.2 Å². The first-order valence-corrected chi connectivity index (χ1v) is 8.23. The fourth-order valence-corrected chi connectivity index (χ4v) is 3.48. The van der Waals surface area contributed by atoms with Crippen LogP contribution in [0.5, 0.6) is 11.5 Å². The lowest BCUT2D eigenvalue weighted by molar-refractivity contribution is -0.0828. The third kappa shape index (κ3) is 3.23. The first kappa shape index (κ1) is 17.1. The molecule has 2 unspecified atom stereocenters. The lowest BCUT2D eigenvalue weighted by Crippen LogP contribution is -2.58. The van der Waals surface area contributed by atoms with Gasteiger partial charge in [-0.1, -0.05) is 13.8 Å². The highest BCUT2D eigenvalue weighted by Gasteiger charge is 2.46. The van der Waals surface area contributed by atoms with E-state index in [0.717, 1.165) is 43.0 Å². The largest absolute Gasteiger partial charge is 0.497 e. The van der Waals surface area contributed by atoms with E-state index >= 15 is 0 Å². The Bertz CT molecular complexity index is 495. The van der Waals surface area contributed by atoms with Gasteiger partial charge in [-0.3, -0.25) is 4.90 Å². The SMILES string of the molecule is CCCN(CCC)C1C(O)c2cc(OC)ccc2OC1(C)C. The monoisotopic (exact) mass is 307 g/mol. The number of nitrogens with zero attached hydrogens (tertiary/aromatic N) is 1. The number of fused-ring (bicyclic) bond motifs is 1. The molecule has 0 fully saturated rings. The van der Waals surface area contributed by atoms with Gasteiger partial charge in [0, 0.05) is 5.56 Å². The zero-order chi connectivity index (χ0) is 16.3. The second-order valence-electron chi connectivity index (χ2n) is 6.53. The molecule has 1 heterocycles. The first-order chi connectivity index (χ1) is 10.4. The minimum Gasteiger partial charge on any atom is -0.497 e. The second kappa shape index (κ2) is 6.88. The molecule has 1 aliphatic rings. The molecule has 1 aromatic rings. The molecule has 0 bridgehead atoms. The van der Waals surface area contributed by atoms with Gasteiger partial charge in [-0.05, 0) is 58.0 Å². The minimum atomic E-state index is -0.577. The van der Waals surface area contributed by atoms with Crippen LogP contribution in [0.3, 0.4) is 0 Å². The highest BCUT2D eigenvalue weighted by Crippen LogP contribution is 2.43. The Balaban J connectivity index is 2.40. The van der Waals surface area contributed by atoms with Crippen molar-refractivity contribution in [1.29, 1.82) is 0 Å². The van der Waals surface area contributed by atoms with Crippen molar-refractivity contribution in [2.45, 2.75) is 58.3 Å². The minimum absolute atomic E-state index is 0.0630. The number of aliphatic hydroxyl groups is 1. The Labute approximate surface area is 134 Å². The van der Waals surface area contributed by atoms with Gasteiger partial charge >= 0.3 is 0 Å². The van der Waals surface area contributed by atoms with Crippen molar-refractivity contribution >= 4 is 0 Å². The summed E-state index contributed by atoms with van der Waals surface area (Å²) in [6.45, 7) is 10.4. The second-order valence-corrected chi connectivity index (χ2v) is 6.53. The van der Waals surface area contributed by atoms with Crippen molar-refractivity contribution in [3.8, 4) is 11.5 Å². The van der Waals surface area contributed by atoms with Gasteiger partial charge < -0.3 is 14.6 Å². The molecular weight excluding hydrogens is 278 g/mol. The summed E-state index contributed by atoms with van der Waals surface area (Å²) >= 11 is 0. The molecule has 0 amide bonds. The van der Waals surface area contributed by atoms with E-state index in [1.54, 1.807) is 7.11 Å². The molecule has 0 saturated carbocycles. The van der Waals surface area contributed by atoms with Crippen molar-refractivity contribution in [3.05, 3.63) is 23.8 Å². The van der Waals surface area contributed by atoms with E-state index in [1.165, 1.54) is 0 Å². The molecule has 2 rings (SSSR count). The van der Waals surface area contributed by atoms with E-state index in [9.17, 15) is 5.11 Å². The van der Waals surface area contributed by atoms with Crippen molar-refractivity contribution in [3.63, 3.8) is 0 Å². The molecule has 2 atom stereocenters. The van der Waals surface area contributed by atoms with Crippen LogP contribution >= 0.6 is 0 Å². The van der Waals surface area contributed by atoms with Crippen LogP contribution in [0, 0.1) is 0 Å². The first-order valence-electron chi connectivity index (χ1n) is 8.23. The quantitative estimate of drug-likeness (QED) is 0.875. The van der Waals surface area contributed by atoms with Crippen LogP contribution < -0.4 is 9.47 Å². The number of ether oxygens (including phenoxy) is 2. The normalized spacial score (nSPS) is 23.0. The molecule has 0 saturated heterocycles. The Morgan fingerprint density at radius 3 is 2.41 bits per heavy atom. The van der Waals surface area contributed by atoms with Gasteiger partial charge in [-0.25, -0.2) is 0 Å². The van der Waals surface area contributed by atoms with E-state index in [0.29, 0.717) is 0 Å². The highest BCUT2D eigenvalue weighted by molar-refractivity contribution is 5.44. The number of aliphatic hydroxyl groups excluding tert-OH is 1. The number of hydrogen-bond donors (Lipinski definition) is 1. The fraction of sp³-hybridized carbons (Fsp3) is 0.667. The molecule has 124 valence electrons. The Hall–Kier alpha value is -1.26. The third-order valence-electron chi connectivity index (χ3n) is 4.33. The number of methoxy groups -OCH3 is 1. The van der Waals surface area contributed by atoms with E-state index in [4.69, 9.17) is 9.47 Å². The van der Waals surface area contributed by atoms with Crippen LogP contribution in [0.15, 0.2) is 18.2 Å². The predicted octanol–water partition coefficient (Wildman–Crippen LogP) is 3.39. The van der Waals surface area contributed by atoms with Gasteiger partial charge in [0.1, 0.15) is 23.2 Å². The summed E-state index contributed by atoms with van der Waals surface area (Å²) in [6.07, 6.45) is 1.54. The van der Waals surface area contributed by atoms with Gasteiger partial charge in [0.25, 0.3) is 0 Å². The van der Waals surface area contributed by atoms with Gasteiger partial charge in [-0.15, -0.1) is 0 Å². The Morgan fingerprint density at radius 2 is 1.86 bits per heavy atom. The molecule has 22 heavy (non-hydrogen) atoms. The van der Waals surface area contributed by atoms with Crippen LogP contribution in [0.4, 0.5) is 0 Å². The van der Waals surface area contributed by atoms with Crippen LogP contribution in [0.25, 0.3) is 0 Å². The summed E-state index contributed by atoms with van der Waals surface area (Å²) in [4.78, 5) is 2.35. The summed E-state index contributed by atoms with van der Waals surface area (Å²) in [6, 6.07) is 5.59. The van der Waals surface area contributed by atoms with Crippen LogP contribution in [-0.4, -0.2) is 41.8 Å². The van der Waals surface area contributed by atoms with Gasteiger partial charge in [0.2, 0.25) is 0 Å². The van der Waals surface area contributed by atoms with Gasteiger partial charge in [0.15, 0.2) is 0 Å². The average Bonchev–Trinajstić information content (AvgIpc) is 2.46. The number of benzene rings is 1. The molecule has 1 N–H and O–H groups in total. The lowest BCUT2D eigenvalue weighted by atomic mass is 9.84. The van der Waals surface area contributed by atoms with Gasteiger partial charge in [-0.2, -0.15) is 0 Å². The number of hydrogen-bond acceptors (Lipinski definition) is 4. The molecule has 0 aliphatic carbocycles. The van der Waals surface area contributed by atoms with Crippen LogP contribution in [-0.2, 0) is 0 Å². The lowest BCUT2D eigenvalue weighted by Gasteiger charge is -2.48. The third-order valence-corrected chi connectivity index (χ3v) is 4.33. The van der Waals surface area contributed by atoms with Crippen LogP contribution in [0.2, 0.25) is 0 Å². The maximum absolute atomic E-state index is 11.0. The molecule has 4 nitrogen and oxygen atoms in total. The molecule has 0 aromatic heterocycles. The summed E-state index contributed by atoms with van der Waals surface area (Å²) in [7, 11) is 1.64. The molecule has 1 aliphatic heterocycles. The summed E-state index contributed by atoms with van der Waals surface area (Å²) in [5, 5.41) is 11.0. The summed E-state index contributed by atoms with van der Waals surface area (Å²) in [5.74, 6) is 1.50. The fourth-order valence-electron chi connectivity index (χ4n) is 3.48. The van der Waals surface area contributed by atoms with E-state index in [1.807, 2.05) is 18.2 Å². The molecular formula is C18H29NO3. The zero-order valence-electron chi connectivity index (χ0n) is 14.4. The van der Waals surface area contributed by atoms with E-state index in [2.05, 4.69) is 32.6 Å². The zero-order valence-corrected chi connectivity index (χ0v) is 14.4. The van der Waals surface area contributed by atoms with E-state index in [-0.39, 0.29) is 6.04 Å². The van der Waals surface area contributed by atoms with Crippen molar-refractivity contribution in [2.24, 2.45) is 0 Å². The Kier molecular flexibility index (Phi) is 5.35. The average molecular weight is 307 g/mol. The molecule has 0 radical (unpaired) electrons. The number of rotatable bonds is 6. The maximum Gasteiger partial charge on any atom is 0.126 e. The predicted molar refractivity (Wildman–Crippen MR) is 88.6 cm³/mol. The highest BCUT2D eigenvalue weighted by atomic mass is 16.5. The molecule has 1 aromatic carbocycles. The van der Waals surface area contributed by atoms with E-state index < -0.39 is 11.7 Å². The van der Waals surface area contributed by atoms with Crippen molar-refractivity contribution < 1.29 is 14.6 Å². The smallest absolute Gasteiger partial charge is 0.126 e. The van der Waals surface area contributed by atoms with Gasteiger partial charge in [0.05, 0.1) is 13.2 Å². The molecule has 0 spiro atoms. The summed E-state index contributed by atoms with van der Waals surface area (Å²) < 4.78 is 11.5.